The second kappa shape index (κ2) is 4.82. The maximum Gasteiger partial charge on any atom is 0.410 e. The number of ketones is 1. The minimum absolute atomic E-state index is 0.0728. The van der Waals surface area contributed by atoms with Crippen LogP contribution >= 0.6 is 0 Å². The van der Waals surface area contributed by atoms with Crippen LogP contribution in [0.25, 0.3) is 0 Å². The smallest absolute Gasteiger partial charge is 0.410 e. The molecular formula is C11H10N2O5. The lowest BCUT2D eigenvalue weighted by molar-refractivity contribution is -0.384. The average Bonchev–Trinajstić information content (AvgIpc) is 2.75. The standard InChI is InChI=1S/C11H10N2O5/c14-10(7-12-5-6-18-11(12)15)8-1-3-9(4-2-8)13(16)17/h1-4H,5-7H2. The van der Waals surface area contributed by atoms with E-state index in [0.717, 1.165) is 0 Å². The monoisotopic (exact) mass is 250 g/mol. The molecule has 18 heavy (non-hydrogen) atoms. The fourth-order valence-corrected chi connectivity index (χ4v) is 1.60. The van der Waals surface area contributed by atoms with E-state index >= 15 is 0 Å². The summed E-state index contributed by atoms with van der Waals surface area (Å²) in [6.45, 7) is 0.598. The molecule has 1 aromatic carbocycles. The van der Waals surface area contributed by atoms with Gasteiger partial charge in [-0.3, -0.25) is 19.8 Å². The van der Waals surface area contributed by atoms with Crippen molar-refractivity contribution in [2.75, 3.05) is 19.7 Å². The third-order valence-corrected chi connectivity index (χ3v) is 2.58. The Bertz CT molecular complexity index is 497. The predicted octanol–water partition coefficient (Wildman–Crippen LogP) is 1.23. The molecule has 0 bridgehead atoms. The molecule has 0 radical (unpaired) electrons. The lowest BCUT2D eigenvalue weighted by Crippen LogP contribution is -2.30. The Morgan fingerprint density at radius 1 is 1.39 bits per heavy atom. The summed E-state index contributed by atoms with van der Waals surface area (Å²) >= 11 is 0. The molecule has 1 amide bonds. The Morgan fingerprint density at radius 3 is 2.56 bits per heavy atom. The van der Waals surface area contributed by atoms with E-state index in [4.69, 9.17) is 4.74 Å². The van der Waals surface area contributed by atoms with Gasteiger partial charge in [0.2, 0.25) is 0 Å². The molecule has 7 heteroatoms. The van der Waals surface area contributed by atoms with E-state index in [-0.39, 0.29) is 24.6 Å². The van der Waals surface area contributed by atoms with Gasteiger partial charge >= 0.3 is 6.09 Å². The molecule has 0 spiro atoms. The van der Waals surface area contributed by atoms with E-state index in [0.29, 0.717) is 12.1 Å². The molecule has 0 aliphatic carbocycles. The molecule has 0 atom stereocenters. The zero-order valence-corrected chi connectivity index (χ0v) is 9.37. The molecule has 1 aliphatic heterocycles. The summed E-state index contributed by atoms with van der Waals surface area (Å²) in [5.41, 5.74) is 0.257. The van der Waals surface area contributed by atoms with Crippen molar-refractivity contribution >= 4 is 17.6 Å². The largest absolute Gasteiger partial charge is 0.448 e. The quantitative estimate of drug-likeness (QED) is 0.455. The van der Waals surface area contributed by atoms with Crippen molar-refractivity contribution in [1.82, 2.24) is 4.90 Å². The van der Waals surface area contributed by atoms with Crippen LogP contribution in [0.2, 0.25) is 0 Å². The van der Waals surface area contributed by atoms with Crippen LogP contribution in [0.3, 0.4) is 0 Å². The second-order valence-electron chi connectivity index (χ2n) is 3.76. The predicted molar refractivity (Wildman–Crippen MR) is 60.3 cm³/mol. The Kier molecular flexibility index (Phi) is 3.22. The first-order valence-corrected chi connectivity index (χ1v) is 5.27. The molecule has 0 N–H and O–H groups in total. The number of rotatable bonds is 4. The van der Waals surface area contributed by atoms with E-state index in [1.165, 1.54) is 29.2 Å². The first-order valence-electron chi connectivity index (χ1n) is 5.27. The van der Waals surface area contributed by atoms with Gasteiger partial charge in [-0.05, 0) is 12.1 Å². The lowest BCUT2D eigenvalue weighted by Gasteiger charge is -2.10. The van der Waals surface area contributed by atoms with Crippen LogP contribution in [0, 0.1) is 10.1 Å². The Morgan fingerprint density at radius 2 is 2.06 bits per heavy atom. The number of carbonyl (C=O) groups excluding carboxylic acids is 2. The van der Waals surface area contributed by atoms with Gasteiger partial charge in [0.15, 0.2) is 5.78 Å². The number of carbonyl (C=O) groups is 2. The van der Waals surface area contributed by atoms with Crippen molar-refractivity contribution in [3.8, 4) is 0 Å². The number of benzene rings is 1. The number of nitrogens with zero attached hydrogens (tertiary/aromatic N) is 2. The van der Waals surface area contributed by atoms with Gasteiger partial charge in [-0.25, -0.2) is 4.79 Å². The Hall–Kier alpha value is -2.44. The molecule has 1 aliphatic rings. The number of cyclic esters (lactones) is 1. The van der Waals surface area contributed by atoms with Gasteiger partial charge in [0, 0.05) is 17.7 Å². The highest BCUT2D eigenvalue weighted by molar-refractivity contribution is 5.99. The highest BCUT2D eigenvalue weighted by Crippen LogP contribution is 2.13. The van der Waals surface area contributed by atoms with Crippen molar-refractivity contribution in [1.29, 1.82) is 0 Å². The molecule has 7 nitrogen and oxygen atoms in total. The summed E-state index contributed by atoms with van der Waals surface area (Å²) in [7, 11) is 0. The number of hydrogen-bond acceptors (Lipinski definition) is 5. The molecule has 94 valence electrons. The van der Waals surface area contributed by atoms with Gasteiger partial charge in [-0.1, -0.05) is 0 Å². The summed E-state index contributed by atoms with van der Waals surface area (Å²) in [5.74, 6) is -0.274. The number of nitro benzene ring substituents is 1. The minimum atomic E-state index is -0.536. The van der Waals surface area contributed by atoms with Gasteiger partial charge in [0.1, 0.15) is 6.61 Å². The van der Waals surface area contributed by atoms with E-state index in [9.17, 15) is 19.7 Å². The molecule has 1 saturated heterocycles. The summed E-state index contributed by atoms with van der Waals surface area (Å²) in [5, 5.41) is 10.5. The molecule has 0 saturated carbocycles. The molecule has 1 fully saturated rings. The van der Waals surface area contributed by atoms with Crippen LogP contribution in [-0.2, 0) is 4.74 Å². The van der Waals surface area contributed by atoms with Crippen LogP contribution in [0.5, 0.6) is 0 Å². The van der Waals surface area contributed by atoms with Crippen LogP contribution < -0.4 is 0 Å². The fourth-order valence-electron chi connectivity index (χ4n) is 1.60. The van der Waals surface area contributed by atoms with Gasteiger partial charge in [0.05, 0.1) is 18.0 Å². The summed E-state index contributed by atoms with van der Waals surface area (Å²) in [6, 6.07) is 5.27. The first kappa shape index (κ1) is 12.0. The normalized spacial score (nSPS) is 14.4. The van der Waals surface area contributed by atoms with Gasteiger partial charge in [0.25, 0.3) is 5.69 Å². The highest BCUT2D eigenvalue weighted by Gasteiger charge is 2.24. The van der Waals surface area contributed by atoms with Crippen molar-refractivity contribution in [3.05, 3.63) is 39.9 Å². The summed E-state index contributed by atoms with van der Waals surface area (Å²) < 4.78 is 4.70. The van der Waals surface area contributed by atoms with Crippen molar-refractivity contribution in [3.63, 3.8) is 0 Å². The lowest BCUT2D eigenvalue weighted by atomic mass is 10.1. The number of amides is 1. The summed E-state index contributed by atoms with van der Waals surface area (Å²) in [6.07, 6.45) is -0.509. The Balaban J connectivity index is 2.04. The molecule has 2 rings (SSSR count). The third kappa shape index (κ3) is 2.45. The van der Waals surface area contributed by atoms with Crippen LogP contribution in [-0.4, -0.2) is 41.4 Å². The second-order valence-corrected chi connectivity index (χ2v) is 3.76. The van der Waals surface area contributed by atoms with Crippen molar-refractivity contribution < 1.29 is 19.2 Å². The minimum Gasteiger partial charge on any atom is -0.448 e. The van der Waals surface area contributed by atoms with Crippen molar-refractivity contribution in [2.24, 2.45) is 0 Å². The SMILES string of the molecule is O=C(CN1CCOC1=O)c1ccc([N+](=O)[O-])cc1. The molecule has 0 unspecified atom stereocenters. The highest BCUT2D eigenvalue weighted by atomic mass is 16.6. The maximum atomic E-state index is 11.8. The van der Waals surface area contributed by atoms with Crippen LogP contribution in [0.1, 0.15) is 10.4 Å². The zero-order valence-electron chi connectivity index (χ0n) is 9.37. The van der Waals surface area contributed by atoms with Crippen LogP contribution in [0.4, 0.5) is 10.5 Å². The zero-order chi connectivity index (χ0) is 13.1. The first-order chi connectivity index (χ1) is 8.58. The molecule has 1 heterocycles. The van der Waals surface area contributed by atoms with Gasteiger partial charge < -0.3 is 4.74 Å². The number of non-ortho nitro benzene ring substituents is 1. The van der Waals surface area contributed by atoms with E-state index in [1.807, 2.05) is 0 Å². The Labute approximate surface area is 102 Å². The van der Waals surface area contributed by atoms with Gasteiger partial charge in [-0.2, -0.15) is 0 Å². The number of Topliss-reactive ketones (excluding diaryl/α,β-unsaturated/α-hetero) is 1. The van der Waals surface area contributed by atoms with E-state index in [1.54, 1.807) is 0 Å². The number of hydrogen-bond donors (Lipinski definition) is 0. The third-order valence-electron chi connectivity index (χ3n) is 2.58. The molecule has 1 aromatic rings. The van der Waals surface area contributed by atoms with E-state index in [2.05, 4.69) is 0 Å². The molecule has 0 aromatic heterocycles. The molecular weight excluding hydrogens is 240 g/mol. The van der Waals surface area contributed by atoms with E-state index < -0.39 is 11.0 Å². The summed E-state index contributed by atoms with van der Waals surface area (Å²) in [4.78, 5) is 34.2. The average molecular weight is 250 g/mol. The maximum absolute atomic E-state index is 11.8. The van der Waals surface area contributed by atoms with Gasteiger partial charge in [-0.15, -0.1) is 0 Å². The van der Waals surface area contributed by atoms with Crippen LogP contribution in [0.15, 0.2) is 24.3 Å². The van der Waals surface area contributed by atoms with Crippen molar-refractivity contribution in [2.45, 2.75) is 0 Å². The topological polar surface area (TPSA) is 89.8 Å². The fraction of sp³-hybridized carbons (Fsp3) is 0.273. The number of ether oxygens (including phenoxy) is 1. The number of nitro groups is 1.